The molecule has 2 heterocycles. The van der Waals surface area contributed by atoms with E-state index < -0.39 is 0 Å². The minimum absolute atomic E-state index is 0.0230. The second-order valence-corrected chi connectivity index (χ2v) is 7.56. The van der Waals surface area contributed by atoms with Crippen molar-refractivity contribution in [2.24, 2.45) is 0 Å². The molecule has 0 bridgehead atoms. The van der Waals surface area contributed by atoms with E-state index in [-0.39, 0.29) is 5.91 Å². The van der Waals surface area contributed by atoms with E-state index in [1.165, 1.54) is 11.3 Å². The predicted octanol–water partition coefficient (Wildman–Crippen LogP) is 4.34. The standard InChI is InChI=1S/C18H16ClN3OS2/c19-15-7-4-8-20-18(15)25-12-14-11-24-17(22-14)9-16(23)21-10-13-5-2-1-3-6-13/h1-8,11H,9-10,12H2,(H,21,23). The van der Waals surface area contributed by atoms with Gasteiger partial charge in [-0.15, -0.1) is 11.3 Å². The van der Waals surface area contributed by atoms with Gasteiger partial charge < -0.3 is 5.32 Å². The maximum Gasteiger partial charge on any atom is 0.227 e. The maximum atomic E-state index is 12.0. The van der Waals surface area contributed by atoms with Gasteiger partial charge in [0.25, 0.3) is 0 Å². The van der Waals surface area contributed by atoms with Crippen LogP contribution in [-0.2, 0) is 23.5 Å². The van der Waals surface area contributed by atoms with Gasteiger partial charge in [0.1, 0.15) is 10.0 Å². The van der Waals surface area contributed by atoms with E-state index in [0.29, 0.717) is 23.7 Å². The number of hydrogen-bond acceptors (Lipinski definition) is 5. The summed E-state index contributed by atoms with van der Waals surface area (Å²) >= 11 is 9.14. The van der Waals surface area contributed by atoms with Gasteiger partial charge in [0.15, 0.2) is 0 Å². The lowest BCUT2D eigenvalue weighted by atomic mass is 10.2. The minimum atomic E-state index is -0.0230. The fraction of sp³-hybridized carbons (Fsp3) is 0.167. The number of nitrogens with zero attached hydrogens (tertiary/aromatic N) is 2. The molecule has 0 fully saturated rings. The Labute approximate surface area is 159 Å². The van der Waals surface area contributed by atoms with Crippen LogP contribution in [0.2, 0.25) is 5.02 Å². The molecule has 0 unspecified atom stereocenters. The Morgan fingerprint density at radius 3 is 2.84 bits per heavy atom. The predicted molar refractivity (Wildman–Crippen MR) is 103 cm³/mol. The van der Waals surface area contributed by atoms with Crippen molar-refractivity contribution >= 4 is 40.6 Å². The van der Waals surface area contributed by atoms with Crippen LogP contribution >= 0.6 is 34.7 Å². The fourth-order valence-electron chi connectivity index (χ4n) is 2.11. The highest BCUT2D eigenvalue weighted by Gasteiger charge is 2.09. The van der Waals surface area contributed by atoms with Crippen molar-refractivity contribution < 1.29 is 4.79 Å². The van der Waals surface area contributed by atoms with Gasteiger partial charge in [0, 0.05) is 23.9 Å². The minimum Gasteiger partial charge on any atom is -0.352 e. The summed E-state index contributed by atoms with van der Waals surface area (Å²) in [7, 11) is 0. The van der Waals surface area contributed by atoms with Crippen molar-refractivity contribution in [3.05, 3.63) is 75.3 Å². The van der Waals surface area contributed by atoms with Crippen molar-refractivity contribution in [1.29, 1.82) is 0 Å². The monoisotopic (exact) mass is 389 g/mol. The summed E-state index contributed by atoms with van der Waals surface area (Å²) in [6.07, 6.45) is 2.02. The van der Waals surface area contributed by atoms with Crippen molar-refractivity contribution in [1.82, 2.24) is 15.3 Å². The van der Waals surface area contributed by atoms with Gasteiger partial charge in [0.2, 0.25) is 5.91 Å². The number of aromatic nitrogens is 2. The summed E-state index contributed by atoms with van der Waals surface area (Å²) in [6.45, 7) is 0.534. The fourth-order valence-corrected chi connectivity index (χ4v) is 4.07. The number of benzene rings is 1. The number of carbonyl (C=O) groups excluding carboxylic acids is 1. The number of nitrogens with one attached hydrogen (secondary N) is 1. The zero-order chi connectivity index (χ0) is 17.5. The molecule has 0 aliphatic rings. The normalized spacial score (nSPS) is 10.6. The van der Waals surface area contributed by atoms with Gasteiger partial charge in [0.05, 0.1) is 17.1 Å². The molecule has 25 heavy (non-hydrogen) atoms. The summed E-state index contributed by atoms with van der Waals surface area (Å²) < 4.78 is 0. The number of thioether (sulfide) groups is 1. The molecule has 0 aliphatic carbocycles. The molecule has 7 heteroatoms. The van der Waals surface area contributed by atoms with Gasteiger partial charge in [-0.05, 0) is 17.7 Å². The molecule has 3 rings (SSSR count). The Morgan fingerprint density at radius 2 is 2.04 bits per heavy atom. The number of thiazole rings is 1. The van der Waals surface area contributed by atoms with Crippen molar-refractivity contribution in [2.75, 3.05) is 0 Å². The zero-order valence-corrected chi connectivity index (χ0v) is 15.7. The van der Waals surface area contributed by atoms with Crippen molar-refractivity contribution in [3.8, 4) is 0 Å². The van der Waals surface area contributed by atoms with Crippen LogP contribution in [0.1, 0.15) is 16.3 Å². The summed E-state index contributed by atoms with van der Waals surface area (Å²) in [5.74, 6) is 0.656. The van der Waals surface area contributed by atoms with Crippen LogP contribution in [-0.4, -0.2) is 15.9 Å². The summed E-state index contributed by atoms with van der Waals surface area (Å²) in [5, 5.41) is 7.14. The van der Waals surface area contributed by atoms with E-state index >= 15 is 0 Å². The molecular formula is C18H16ClN3OS2. The molecule has 128 valence electrons. The van der Waals surface area contributed by atoms with Crippen LogP contribution in [0.5, 0.6) is 0 Å². The molecule has 4 nitrogen and oxygen atoms in total. The van der Waals surface area contributed by atoms with Gasteiger partial charge in [-0.1, -0.05) is 53.7 Å². The molecule has 1 N–H and O–H groups in total. The first-order valence-electron chi connectivity index (χ1n) is 7.68. The molecule has 0 atom stereocenters. The molecule has 3 aromatic rings. The van der Waals surface area contributed by atoms with E-state index in [4.69, 9.17) is 11.6 Å². The molecule has 0 radical (unpaired) electrons. The summed E-state index contributed by atoms with van der Waals surface area (Å²) in [5.41, 5.74) is 2.02. The number of hydrogen-bond donors (Lipinski definition) is 1. The van der Waals surface area contributed by atoms with Gasteiger partial charge in [-0.3, -0.25) is 4.79 Å². The molecule has 0 aliphatic heterocycles. The third kappa shape index (κ3) is 5.56. The van der Waals surface area contributed by atoms with Crippen LogP contribution in [0.15, 0.2) is 59.1 Å². The first-order chi connectivity index (χ1) is 12.2. The average Bonchev–Trinajstić information content (AvgIpc) is 3.07. The highest BCUT2D eigenvalue weighted by atomic mass is 35.5. The lowest BCUT2D eigenvalue weighted by Crippen LogP contribution is -2.24. The van der Waals surface area contributed by atoms with Gasteiger partial charge in [-0.2, -0.15) is 0 Å². The van der Waals surface area contributed by atoms with Crippen LogP contribution in [0, 0.1) is 0 Å². The van der Waals surface area contributed by atoms with E-state index in [0.717, 1.165) is 21.3 Å². The molecule has 1 amide bonds. The van der Waals surface area contributed by atoms with E-state index in [1.807, 2.05) is 41.8 Å². The lowest BCUT2D eigenvalue weighted by molar-refractivity contribution is -0.120. The first kappa shape index (κ1) is 17.9. The second-order valence-electron chi connectivity index (χ2n) is 5.25. The highest BCUT2D eigenvalue weighted by Crippen LogP contribution is 2.27. The van der Waals surface area contributed by atoms with Crippen LogP contribution < -0.4 is 5.32 Å². The Morgan fingerprint density at radius 1 is 1.20 bits per heavy atom. The first-order valence-corrected chi connectivity index (χ1v) is 9.92. The third-order valence-corrected chi connectivity index (χ3v) is 5.68. The molecule has 0 spiro atoms. The second kappa shape index (κ2) is 8.99. The van der Waals surface area contributed by atoms with Crippen molar-refractivity contribution in [2.45, 2.75) is 23.7 Å². The largest absolute Gasteiger partial charge is 0.352 e. The smallest absolute Gasteiger partial charge is 0.227 e. The van der Waals surface area contributed by atoms with Crippen LogP contribution in [0.3, 0.4) is 0 Å². The number of rotatable bonds is 7. The average molecular weight is 390 g/mol. The SMILES string of the molecule is O=C(Cc1nc(CSc2ncccc2Cl)cs1)NCc1ccccc1. The molecular weight excluding hydrogens is 374 g/mol. The Kier molecular flexibility index (Phi) is 6.44. The molecule has 0 saturated carbocycles. The quantitative estimate of drug-likeness (QED) is 0.610. The van der Waals surface area contributed by atoms with E-state index in [2.05, 4.69) is 15.3 Å². The Hall–Kier alpha value is -1.89. The van der Waals surface area contributed by atoms with Gasteiger partial charge >= 0.3 is 0 Å². The van der Waals surface area contributed by atoms with Crippen molar-refractivity contribution in [3.63, 3.8) is 0 Å². The highest BCUT2D eigenvalue weighted by molar-refractivity contribution is 7.98. The molecule has 1 aromatic carbocycles. The Balaban J connectivity index is 1.48. The van der Waals surface area contributed by atoms with Crippen LogP contribution in [0.4, 0.5) is 0 Å². The number of carbonyl (C=O) groups is 1. The Bertz CT molecular complexity index is 839. The van der Waals surface area contributed by atoms with E-state index in [9.17, 15) is 4.79 Å². The lowest BCUT2D eigenvalue weighted by Gasteiger charge is -2.03. The summed E-state index contributed by atoms with van der Waals surface area (Å²) in [6, 6.07) is 13.5. The number of pyridine rings is 1. The molecule has 2 aromatic heterocycles. The van der Waals surface area contributed by atoms with Crippen LogP contribution in [0.25, 0.3) is 0 Å². The van der Waals surface area contributed by atoms with Gasteiger partial charge in [-0.25, -0.2) is 9.97 Å². The number of amides is 1. The van der Waals surface area contributed by atoms with E-state index in [1.54, 1.807) is 24.0 Å². The number of halogens is 1. The maximum absolute atomic E-state index is 12.0. The zero-order valence-electron chi connectivity index (χ0n) is 13.3. The third-order valence-electron chi connectivity index (χ3n) is 3.33. The summed E-state index contributed by atoms with van der Waals surface area (Å²) in [4.78, 5) is 20.8. The topological polar surface area (TPSA) is 54.9 Å². The molecule has 0 saturated heterocycles.